The second kappa shape index (κ2) is 4.98. The molecule has 1 N–H and O–H groups in total. The van der Waals surface area contributed by atoms with Crippen molar-refractivity contribution in [3.8, 4) is 0 Å². The summed E-state index contributed by atoms with van der Waals surface area (Å²) in [5, 5.41) is 10.1. The van der Waals surface area contributed by atoms with Crippen molar-refractivity contribution in [3.05, 3.63) is 35.9 Å². The summed E-state index contributed by atoms with van der Waals surface area (Å²) >= 11 is 0. The van der Waals surface area contributed by atoms with Gasteiger partial charge in [0.15, 0.2) is 0 Å². The quantitative estimate of drug-likeness (QED) is 0.826. The molecule has 2 nitrogen and oxygen atoms in total. The summed E-state index contributed by atoms with van der Waals surface area (Å²) in [5.41, 5.74) is 1.34. The zero-order valence-electron chi connectivity index (χ0n) is 9.97. The predicted octanol–water partition coefficient (Wildman–Crippen LogP) is 2.58. The van der Waals surface area contributed by atoms with Gasteiger partial charge in [0.25, 0.3) is 0 Å². The van der Waals surface area contributed by atoms with Crippen LogP contribution in [-0.4, -0.2) is 23.9 Å². The van der Waals surface area contributed by atoms with E-state index in [9.17, 15) is 5.11 Å². The molecular formula is C14H20O2. The molecule has 2 rings (SSSR count). The lowest BCUT2D eigenvalue weighted by molar-refractivity contribution is -0.0319. The van der Waals surface area contributed by atoms with Gasteiger partial charge in [-0.1, -0.05) is 30.3 Å². The molecule has 0 aromatic heterocycles. The van der Waals surface area contributed by atoms with Crippen molar-refractivity contribution in [1.82, 2.24) is 0 Å². The van der Waals surface area contributed by atoms with Crippen LogP contribution in [0.1, 0.15) is 31.7 Å². The van der Waals surface area contributed by atoms with Crippen molar-refractivity contribution in [2.24, 2.45) is 5.92 Å². The summed E-state index contributed by atoms with van der Waals surface area (Å²) in [6.07, 6.45) is 0.705. The molecule has 0 aliphatic heterocycles. The number of hydrogen-bond donors (Lipinski definition) is 1. The van der Waals surface area contributed by atoms with Crippen LogP contribution in [0.25, 0.3) is 0 Å². The fourth-order valence-electron chi connectivity index (χ4n) is 2.39. The minimum absolute atomic E-state index is 0.0521. The van der Waals surface area contributed by atoms with Gasteiger partial charge in [0.05, 0.1) is 12.2 Å². The maximum atomic E-state index is 10.1. The number of aliphatic hydroxyl groups is 1. The minimum atomic E-state index is -0.329. The summed E-state index contributed by atoms with van der Waals surface area (Å²) in [4.78, 5) is 0. The molecule has 2 heteroatoms. The summed E-state index contributed by atoms with van der Waals surface area (Å²) in [6.45, 7) is 4.58. The molecule has 0 bridgehead atoms. The van der Waals surface area contributed by atoms with Crippen LogP contribution < -0.4 is 0 Å². The third-order valence-electron chi connectivity index (χ3n) is 3.42. The van der Waals surface area contributed by atoms with E-state index >= 15 is 0 Å². The molecule has 1 aromatic carbocycles. The Hall–Kier alpha value is -0.860. The van der Waals surface area contributed by atoms with E-state index in [-0.39, 0.29) is 12.2 Å². The highest BCUT2D eigenvalue weighted by molar-refractivity contribution is 5.26. The SMILES string of the molecule is CCOC(C)C(O)C1CC1c1ccccc1. The topological polar surface area (TPSA) is 29.5 Å². The van der Waals surface area contributed by atoms with Crippen LogP contribution in [0.3, 0.4) is 0 Å². The Morgan fingerprint density at radius 2 is 2.06 bits per heavy atom. The molecule has 0 heterocycles. The van der Waals surface area contributed by atoms with Gasteiger partial charge < -0.3 is 9.84 Å². The van der Waals surface area contributed by atoms with Gasteiger partial charge in [-0.3, -0.25) is 0 Å². The van der Waals surface area contributed by atoms with E-state index < -0.39 is 0 Å². The Bertz CT molecular complexity index is 323. The van der Waals surface area contributed by atoms with E-state index in [0.29, 0.717) is 18.4 Å². The zero-order valence-corrected chi connectivity index (χ0v) is 9.97. The average Bonchev–Trinajstić information content (AvgIpc) is 3.09. The van der Waals surface area contributed by atoms with E-state index in [2.05, 4.69) is 24.3 Å². The van der Waals surface area contributed by atoms with Crippen molar-refractivity contribution in [2.75, 3.05) is 6.61 Å². The lowest BCUT2D eigenvalue weighted by Gasteiger charge is -2.18. The highest BCUT2D eigenvalue weighted by Crippen LogP contribution is 2.50. The van der Waals surface area contributed by atoms with Crippen molar-refractivity contribution in [1.29, 1.82) is 0 Å². The largest absolute Gasteiger partial charge is 0.390 e. The first-order valence-corrected chi connectivity index (χ1v) is 6.08. The van der Waals surface area contributed by atoms with Crippen LogP contribution >= 0.6 is 0 Å². The fourth-order valence-corrected chi connectivity index (χ4v) is 2.39. The third-order valence-corrected chi connectivity index (χ3v) is 3.42. The van der Waals surface area contributed by atoms with Gasteiger partial charge in [-0.25, -0.2) is 0 Å². The molecule has 1 aliphatic carbocycles. The van der Waals surface area contributed by atoms with Crippen molar-refractivity contribution in [3.63, 3.8) is 0 Å². The van der Waals surface area contributed by atoms with Gasteiger partial charge in [0.2, 0.25) is 0 Å². The van der Waals surface area contributed by atoms with E-state index in [1.165, 1.54) is 5.56 Å². The molecule has 1 aromatic rings. The molecule has 16 heavy (non-hydrogen) atoms. The Labute approximate surface area is 97.3 Å². The number of hydrogen-bond acceptors (Lipinski definition) is 2. The second-order valence-electron chi connectivity index (χ2n) is 4.57. The number of ether oxygens (including phenoxy) is 1. The maximum absolute atomic E-state index is 10.1. The number of benzene rings is 1. The van der Waals surface area contributed by atoms with E-state index in [4.69, 9.17) is 4.74 Å². The zero-order chi connectivity index (χ0) is 11.5. The lowest BCUT2D eigenvalue weighted by Crippen LogP contribution is -2.28. The molecule has 1 fully saturated rings. The Balaban J connectivity index is 1.91. The van der Waals surface area contributed by atoms with Crippen molar-refractivity contribution < 1.29 is 9.84 Å². The Morgan fingerprint density at radius 3 is 2.69 bits per heavy atom. The molecule has 0 saturated heterocycles. The molecular weight excluding hydrogens is 200 g/mol. The fraction of sp³-hybridized carbons (Fsp3) is 0.571. The monoisotopic (exact) mass is 220 g/mol. The van der Waals surface area contributed by atoms with Gasteiger partial charge in [-0.05, 0) is 37.7 Å². The van der Waals surface area contributed by atoms with E-state index in [0.717, 1.165) is 6.42 Å². The second-order valence-corrected chi connectivity index (χ2v) is 4.57. The number of aliphatic hydroxyl groups excluding tert-OH is 1. The first kappa shape index (κ1) is 11.6. The first-order valence-electron chi connectivity index (χ1n) is 6.08. The Morgan fingerprint density at radius 1 is 1.38 bits per heavy atom. The molecule has 0 radical (unpaired) electrons. The van der Waals surface area contributed by atoms with Crippen LogP contribution in [-0.2, 0) is 4.74 Å². The molecule has 1 saturated carbocycles. The van der Waals surface area contributed by atoms with Gasteiger partial charge in [0, 0.05) is 6.61 Å². The molecule has 1 aliphatic rings. The molecule has 4 atom stereocenters. The standard InChI is InChI=1S/C14H20O2/c1-3-16-10(2)14(15)13-9-12(13)11-7-5-4-6-8-11/h4-8,10,12-15H,3,9H2,1-2H3. The summed E-state index contributed by atoms with van der Waals surface area (Å²) in [5.74, 6) is 0.906. The molecule has 0 spiro atoms. The molecule has 88 valence electrons. The van der Waals surface area contributed by atoms with Gasteiger partial charge in [-0.2, -0.15) is 0 Å². The van der Waals surface area contributed by atoms with Gasteiger partial charge in [0.1, 0.15) is 0 Å². The van der Waals surface area contributed by atoms with E-state index in [1.54, 1.807) is 0 Å². The van der Waals surface area contributed by atoms with E-state index in [1.807, 2.05) is 19.9 Å². The summed E-state index contributed by atoms with van der Waals surface area (Å²) in [6, 6.07) is 10.4. The highest BCUT2D eigenvalue weighted by atomic mass is 16.5. The van der Waals surface area contributed by atoms with Crippen molar-refractivity contribution in [2.45, 2.75) is 38.4 Å². The maximum Gasteiger partial charge on any atom is 0.0833 e. The van der Waals surface area contributed by atoms with Crippen LogP contribution in [0, 0.1) is 5.92 Å². The van der Waals surface area contributed by atoms with Crippen LogP contribution in [0.5, 0.6) is 0 Å². The van der Waals surface area contributed by atoms with Crippen LogP contribution in [0.15, 0.2) is 30.3 Å². The molecule has 4 unspecified atom stereocenters. The predicted molar refractivity (Wildman–Crippen MR) is 64.4 cm³/mol. The van der Waals surface area contributed by atoms with Crippen molar-refractivity contribution >= 4 is 0 Å². The van der Waals surface area contributed by atoms with Crippen LogP contribution in [0.2, 0.25) is 0 Å². The summed E-state index contributed by atoms with van der Waals surface area (Å²) in [7, 11) is 0. The highest BCUT2D eigenvalue weighted by Gasteiger charge is 2.45. The smallest absolute Gasteiger partial charge is 0.0833 e. The summed E-state index contributed by atoms with van der Waals surface area (Å²) < 4.78 is 5.44. The van der Waals surface area contributed by atoms with Crippen LogP contribution in [0.4, 0.5) is 0 Å². The Kier molecular flexibility index (Phi) is 3.62. The lowest BCUT2D eigenvalue weighted by atomic mass is 10.0. The minimum Gasteiger partial charge on any atom is -0.390 e. The first-order chi connectivity index (χ1) is 7.74. The number of rotatable bonds is 5. The average molecular weight is 220 g/mol. The van der Waals surface area contributed by atoms with Gasteiger partial charge >= 0.3 is 0 Å². The van der Waals surface area contributed by atoms with Gasteiger partial charge in [-0.15, -0.1) is 0 Å². The normalized spacial score (nSPS) is 27.4. The third kappa shape index (κ3) is 2.45. The molecule has 0 amide bonds.